The van der Waals surface area contributed by atoms with Crippen LogP contribution in [0.4, 0.5) is 0 Å². The minimum Gasteiger partial charge on any atom is -0.494 e. The van der Waals surface area contributed by atoms with Crippen molar-refractivity contribution in [3.05, 3.63) is 29.8 Å². The van der Waals surface area contributed by atoms with Crippen molar-refractivity contribution < 1.29 is 4.74 Å². The maximum absolute atomic E-state index is 5.66. The van der Waals surface area contributed by atoms with Gasteiger partial charge >= 0.3 is 0 Å². The smallest absolute Gasteiger partial charge is 0.124 e. The maximum Gasteiger partial charge on any atom is 0.124 e. The lowest BCUT2D eigenvalue weighted by Gasteiger charge is -2.19. The normalized spacial score (nSPS) is 17.5. The monoisotopic (exact) mass is 205 g/mol. The summed E-state index contributed by atoms with van der Waals surface area (Å²) in [5.41, 5.74) is 1.31. The molecule has 1 N–H and O–H groups in total. The summed E-state index contributed by atoms with van der Waals surface area (Å²) in [7, 11) is 2.03. The minimum absolute atomic E-state index is 0.466. The molecule has 1 unspecified atom stereocenters. The van der Waals surface area contributed by atoms with Gasteiger partial charge in [-0.2, -0.15) is 0 Å². The molecule has 0 bridgehead atoms. The number of para-hydroxylation sites is 1. The van der Waals surface area contributed by atoms with Gasteiger partial charge in [0.1, 0.15) is 5.75 Å². The molecule has 1 saturated carbocycles. The van der Waals surface area contributed by atoms with E-state index in [4.69, 9.17) is 4.74 Å². The van der Waals surface area contributed by atoms with E-state index in [0.717, 1.165) is 18.3 Å². The van der Waals surface area contributed by atoms with E-state index >= 15 is 0 Å². The summed E-state index contributed by atoms with van der Waals surface area (Å²) in [5.74, 6) is 1.84. The lowest BCUT2D eigenvalue weighted by Crippen LogP contribution is -2.19. The summed E-state index contributed by atoms with van der Waals surface area (Å²) in [6, 6.07) is 8.82. The Kier molecular flexibility index (Phi) is 3.27. The fourth-order valence-electron chi connectivity index (χ4n) is 2.10. The first kappa shape index (κ1) is 10.5. The summed E-state index contributed by atoms with van der Waals surface area (Å²) < 4.78 is 5.66. The van der Waals surface area contributed by atoms with Crippen LogP contribution in [-0.2, 0) is 0 Å². The van der Waals surface area contributed by atoms with Crippen molar-refractivity contribution in [2.75, 3.05) is 13.7 Å². The quantitative estimate of drug-likeness (QED) is 0.798. The van der Waals surface area contributed by atoms with Gasteiger partial charge in [-0.1, -0.05) is 18.2 Å². The van der Waals surface area contributed by atoms with Crippen LogP contribution in [0.5, 0.6) is 5.75 Å². The van der Waals surface area contributed by atoms with Gasteiger partial charge in [0.2, 0.25) is 0 Å². The van der Waals surface area contributed by atoms with Gasteiger partial charge in [-0.05, 0) is 38.8 Å². The lowest BCUT2D eigenvalue weighted by molar-refractivity contribution is 0.330. The van der Waals surface area contributed by atoms with E-state index in [2.05, 4.69) is 23.5 Å². The molecule has 1 aliphatic rings. The molecule has 0 radical (unpaired) electrons. The second-order valence-corrected chi connectivity index (χ2v) is 4.07. The molecule has 2 nitrogen and oxygen atoms in total. The number of ether oxygens (including phenoxy) is 1. The Balaban J connectivity index is 2.23. The Morgan fingerprint density at radius 3 is 2.73 bits per heavy atom. The largest absolute Gasteiger partial charge is 0.494 e. The van der Waals surface area contributed by atoms with Crippen molar-refractivity contribution in [1.29, 1.82) is 0 Å². The van der Waals surface area contributed by atoms with E-state index in [1.165, 1.54) is 18.4 Å². The van der Waals surface area contributed by atoms with Gasteiger partial charge in [0.15, 0.2) is 0 Å². The highest BCUT2D eigenvalue weighted by Crippen LogP contribution is 2.43. The summed E-state index contributed by atoms with van der Waals surface area (Å²) in [5, 5.41) is 3.40. The molecule has 0 amide bonds. The van der Waals surface area contributed by atoms with Crippen LogP contribution in [0.15, 0.2) is 24.3 Å². The third kappa shape index (κ3) is 2.32. The highest BCUT2D eigenvalue weighted by atomic mass is 16.5. The summed E-state index contributed by atoms with van der Waals surface area (Å²) in [6.45, 7) is 2.76. The van der Waals surface area contributed by atoms with Gasteiger partial charge in [0, 0.05) is 11.6 Å². The highest BCUT2D eigenvalue weighted by molar-refractivity contribution is 5.36. The van der Waals surface area contributed by atoms with Gasteiger partial charge < -0.3 is 10.1 Å². The van der Waals surface area contributed by atoms with Crippen LogP contribution >= 0.6 is 0 Å². The van der Waals surface area contributed by atoms with Crippen LogP contribution in [0, 0.1) is 5.92 Å². The Hall–Kier alpha value is -1.02. The van der Waals surface area contributed by atoms with E-state index in [1.54, 1.807) is 0 Å². The zero-order valence-corrected chi connectivity index (χ0v) is 9.49. The first-order valence-corrected chi connectivity index (χ1v) is 5.75. The van der Waals surface area contributed by atoms with Gasteiger partial charge in [-0.3, -0.25) is 0 Å². The van der Waals surface area contributed by atoms with Gasteiger partial charge in [-0.15, -0.1) is 0 Å². The molecule has 15 heavy (non-hydrogen) atoms. The van der Waals surface area contributed by atoms with E-state index in [-0.39, 0.29) is 0 Å². The van der Waals surface area contributed by atoms with Gasteiger partial charge in [0.05, 0.1) is 6.61 Å². The molecule has 1 atom stereocenters. The molecule has 0 heterocycles. The van der Waals surface area contributed by atoms with Gasteiger partial charge in [0.25, 0.3) is 0 Å². The van der Waals surface area contributed by atoms with Crippen LogP contribution in [0.1, 0.15) is 31.4 Å². The molecular weight excluding hydrogens is 186 g/mol. The van der Waals surface area contributed by atoms with Crippen molar-refractivity contribution in [1.82, 2.24) is 5.32 Å². The zero-order valence-electron chi connectivity index (χ0n) is 9.49. The Bertz CT molecular complexity index is 320. The molecular formula is C13H19NO. The van der Waals surface area contributed by atoms with Crippen molar-refractivity contribution >= 4 is 0 Å². The van der Waals surface area contributed by atoms with E-state index < -0.39 is 0 Å². The summed E-state index contributed by atoms with van der Waals surface area (Å²) in [4.78, 5) is 0. The number of benzene rings is 1. The average molecular weight is 205 g/mol. The van der Waals surface area contributed by atoms with Gasteiger partial charge in [-0.25, -0.2) is 0 Å². The highest BCUT2D eigenvalue weighted by Gasteiger charge is 2.32. The van der Waals surface area contributed by atoms with Crippen molar-refractivity contribution in [3.63, 3.8) is 0 Å². The molecule has 1 aliphatic carbocycles. The molecule has 1 aromatic rings. The van der Waals surface area contributed by atoms with E-state index in [1.807, 2.05) is 20.0 Å². The number of hydrogen-bond donors (Lipinski definition) is 1. The molecule has 1 aromatic carbocycles. The SMILES string of the molecule is CCOc1ccccc1C(NC)C1CC1. The van der Waals surface area contributed by atoms with Crippen LogP contribution in [0.2, 0.25) is 0 Å². The fourth-order valence-corrected chi connectivity index (χ4v) is 2.10. The average Bonchev–Trinajstić information content (AvgIpc) is 3.06. The third-order valence-corrected chi connectivity index (χ3v) is 2.96. The van der Waals surface area contributed by atoms with Crippen LogP contribution in [-0.4, -0.2) is 13.7 Å². The lowest BCUT2D eigenvalue weighted by atomic mass is 10.0. The van der Waals surface area contributed by atoms with Crippen LogP contribution in [0.3, 0.4) is 0 Å². The van der Waals surface area contributed by atoms with E-state index in [0.29, 0.717) is 6.04 Å². The third-order valence-electron chi connectivity index (χ3n) is 2.96. The predicted molar refractivity (Wildman–Crippen MR) is 62.1 cm³/mol. The Morgan fingerprint density at radius 2 is 2.13 bits per heavy atom. The topological polar surface area (TPSA) is 21.3 Å². The second kappa shape index (κ2) is 4.67. The molecule has 2 rings (SSSR count). The Morgan fingerprint density at radius 1 is 1.40 bits per heavy atom. The second-order valence-electron chi connectivity index (χ2n) is 4.07. The molecule has 2 heteroatoms. The minimum atomic E-state index is 0.466. The van der Waals surface area contributed by atoms with E-state index in [9.17, 15) is 0 Å². The number of nitrogens with one attached hydrogen (secondary N) is 1. The first-order valence-electron chi connectivity index (χ1n) is 5.75. The zero-order chi connectivity index (χ0) is 10.7. The summed E-state index contributed by atoms with van der Waals surface area (Å²) >= 11 is 0. The molecule has 0 spiro atoms. The maximum atomic E-state index is 5.66. The van der Waals surface area contributed by atoms with Crippen molar-refractivity contribution in [3.8, 4) is 5.75 Å². The first-order chi connectivity index (χ1) is 7.36. The fraction of sp³-hybridized carbons (Fsp3) is 0.538. The van der Waals surface area contributed by atoms with Crippen molar-refractivity contribution in [2.45, 2.75) is 25.8 Å². The molecule has 82 valence electrons. The van der Waals surface area contributed by atoms with Crippen LogP contribution < -0.4 is 10.1 Å². The molecule has 0 aromatic heterocycles. The molecule has 1 fully saturated rings. The molecule has 0 aliphatic heterocycles. The Labute approximate surface area is 91.6 Å². The summed E-state index contributed by atoms with van der Waals surface area (Å²) in [6.07, 6.45) is 2.68. The molecule has 0 saturated heterocycles. The number of rotatable bonds is 5. The van der Waals surface area contributed by atoms with Crippen LogP contribution in [0.25, 0.3) is 0 Å². The van der Waals surface area contributed by atoms with Crippen molar-refractivity contribution in [2.24, 2.45) is 5.92 Å². The number of hydrogen-bond acceptors (Lipinski definition) is 2. The predicted octanol–water partition coefficient (Wildman–Crippen LogP) is 2.76. The standard InChI is InChI=1S/C13H19NO/c1-3-15-12-7-5-4-6-11(12)13(14-2)10-8-9-10/h4-7,10,13-14H,3,8-9H2,1-2H3.